The topological polar surface area (TPSA) is 44.1 Å². The standard InChI is InChI=1S/C17H22N2O/c1-12(2)19(11-16-8-13(16)3)17(20)9-14-4-6-15(10-18)7-5-14/h4-7,12-13,16H,8-9,11H2,1-3H3/t13-,16+/m0/s1. The van der Waals surface area contributed by atoms with Crippen LogP contribution in [-0.4, -0.2) is 23.4 Å². The molecule has 0 N–H and O–H groups in total. The van der Waals surface area contributed by atoms with Crippen LogP contribution in [0.5, 0.6) is 0 Å². The fourth-order valence-corrected chi connectivity index (χ4v) is 2.48. The first kappa shape index (κ1) is 14.6. The number of hydrogen-bond donors (Lipinski definition) is 0. The molecule has 3 heteroatoms. The summed E-state index contributed by atoms with van der Waals surface area (Å²) in [6, 6.07) is 9.61. The SMILES string of the molecule is CC(C)N(C[C@H]1C[C@@H]1C)C(=O)Cc1ccc(C#N)cc1. The Morgan fingerprint density at radius 2 is 2.00 bits per heavy atom. The fourth-order valence-electron chi connectivity index (χ4n) is 2.48. The molecule has 0 radical (unpaired) electrons. The summed E-state index contributed by atoms with van der Waals surface area (Å²) in [6.07, 6.45) is 1.67. The molecule has 0 unspecified atom stereocenters. The summed E-state index contributed by atoms with van der Waals surface area (Å²) in [5, 5.41) is 8.78. The largest absolute Gasteiger partial charge is 0.340 e. The molecule has 1 aromatic rings. The molecule has 1 amide bonds. The Morgan fingerprint density at radius 1 is 1.40 bits per heavy atom. The van der Waals surface area contributed by atoms with Gasteiger partial charge in [-0.25, -0.2) is 0 Å². The average molecular weight is 270 g/mol. The first-order chi connectivity index (χ1) is 9.51. The van der Waals surface area contributed by atoms with E-state index in [9.17, 15) is 4.79 Å². The Hall–Kier alpha value is -1.82. The molecule has 0 spiro atoms. The summed E-state index contributed by atoms with van der Waals surface area (Å²) in [5.41, 5.74) is 1.61. The predicted molar refractivity (Wildman–Crippen MR) is 79.0 cm³/mol. The molecule has 0 aliphatic heterocycles. The third kappa shape index (κ3) is 3.60. The lowest BCUT2D eigenvalue weighted by Gasteiger charge is -2.27. The molecular formula is C17H22N2O. The summed E-state index contributed by atoms with van der Waals surface area (Å²) < 4.78 is 0. The van der Waals surface area contributed by atoms with E-state index in [0.717, 1.165) is 18.0 Å². The zero-order chi connectivity index (χ0) is 14.7. The van der Waals surface area contributed by atoms with Gasteiger partial charge in [-0.05, 0) is 49.8 Å². The maximum absolute atomic E-state index is 12.4. The van der Waals surface area contributed by atoms with E-state index in [1.54, 1.807) is 12.1 Å². The first-order valence-electron chi connectivity index (χ1n) is 7.29. The zero-order valence-electron chi connectivity index (χ0n) is 12.5. The fraction of sp³-hybridized carbons (Fsp3) is 0.529. The Labute approximate surface area is 121 Å². The maximum Gasteiger partial charge on any atom is 0.227 e. The molecule has 2 atom stereocenters. The van der Waals surface area contributed by atoms with E-state index < -0.39 is 0 Å². The zero-order valence-corrected chi connectivity index (χ0v) is 12.5. The highest BCUT2D eigenvalue weighted by Crippen LogP contribution is 2.38. The van der Waals surface area contributed by atoms with Crippen molar-refractivity contribution >= 4 is 5.91 Å². The Bertz CT molecular complexity index is 513. The van der Waals surface area contributed by atoms with Crippen LogP contribution in [0.15, 0.2) is 24.3 Å². The Kier molecular flexibility index (Phi) is 4.44. The molecule has 0 bridgehead atoms. The lowest BCUT2D eigenvalue weighted by atomic mass is 10.1. The molecule has 2 rings (SSSR count). The van der Waals surface area contributed by atoms with Gasteiger partial charge in [-0.15, -0.1) is 0 Å². The van der Waals surface area contributed by atoms with Crippen LogP contribution < -0.4 is 0 Å². The molecular weight excluding hydrogens is 248 g/mol. The predicted octanol–water partition coefficient (Wildman–Crippen LogP) is 2.99. The van der Waals surface area contributed by atoms with Crippen LogP contribution in [0.25, 0.3) is 0 Å². The average Bonchev–Trinajstić information content (AvgIpc) is 3.12. The number of benzene rings is 1. The number of carbonyl (C=O) groups is 1. The molecule has 0 heterocycles. The summed E-state index contributed by atoms with van der Waals surface area (Å²) in [7, 11) is 0. The highest BCUT2D eigenvalue weighted by molar-refractivity contribution is 5.79. The number of nitriles is 1. The lowest BCUT2D eigenvalue weighted by Crippen LogP contribution is -2.39. The molecule has 1 aliphatic carbocycles. The van der Waals surface area contributed by atoms with Crippen molar-refractivity contribution in [3.05, 3.63) is 35.4 Å². The third-order valence-corrected chi connectivity index (χ3v) is 4.09. The minimum atomic E-state index is 0.184. The summed E-state index contributed by atoms with van der Waals surface area (Å²) in [5.74, 6) is 1.63. The van der Waals surface area contributed by atoms with Crippen molar-refractivity contribution in [3.8, 4) is 6.07 Å². The third-order valence-electron chi connectivity index (χ3n) is 4.09. The number of carbonyl (C=O) groups excluding carboxylic acids is 1. The second kappa shape index (κ2) is 6.09. The summed E-state index contributed by atoms with van der Waals surface area (Å²) in [4.78, 5) is 14.4. The molecule has 1 saturated carbocycles. The van der Waals surface area contributed by atoms with Gasteiger partial charge in [0.05, 0.1) is 18.1 Å². The minimum Gasteiger partial charge on any atom is -0.340 e. The van der Waals surface area contributed by atoms with Crippen molar-refractivity contribution in [2.75, 3.05) is 6.54 Å². The maximum atomic E-state index is 12.4. The molecule has 0 saturated heterocycles. The van der Waals surface area contributed by atoms with Gasteiger partial charge in [0.15, 0.2) is 0 Å². The molecule has 106 valence electrons. The van der Waals surface area contributed by atoms with Crippen molar-refractivity contribution in [1.82, 2.24) is 4.90 Å². The van der Waals surface area contributed by atoms with Gasteiger partial charge < -0.3 is 4.90 Å². The van der Waals surface area contributed by atoms with E-state index >= 15 is 0 Å². The summed E-state index contributed by atoms with van der Waals surface area (Å²) >= 11 is 0. The second-order valence-corrected chi connectivity index (χ2v) is 6.10. The van der Waals surface area contributed by atoms with Gasteiger partial charge in [-0.2, -0.15) is 5.26 Å². The number of rotatable bonds is 5. The van der Waals surface area contributed by atoms with Crippen molar-refractivity contribution in [2.24, 2.45) is 11.8 Å². The van der Waals surface area contributed by atoms with Crippen LogP contribution in [0.2, 0.25) is 0 Å². The monoisotopic (exact) mass is 270 g/mol. The molecule has 3 nitrogen and oxygen atoms in total. The normalized spacial score (nSPS) is 20.6. The molecule has 0 aromatic heterocycles. The van der Waals surface area contributed by atoms with Gasteiger partial charge in [-0.3, -0.25) is 4.79 Å². The lowest BCUT2D eigenvalue weighted by molar-refractivity contribution is -0.132. The van der Waals surface area contributed by atoms with Gasteiger partial charge in [0.2, 0.25) is 5.91 Å². The van der Waals surface area contributed by atoms with Gasteiger partial charge in [0, 0.05) is 12.6 Å². The van der Waals surface area contributed by atoms with E-state index in [2.05, 4.69) is 26.8 Å². The number of amides is 1. The molecule has 1 aromatic carbocycles. The van der Waals surface area contributed by atoms with Crippen molar-refractivity contribution < 1.29 is 4.79 Å². The van der Waals surface area contributed by atoms with Crippen molar-refractivity contribution in [2.45, 2.75) is 39.7 Å². The number of nitrogens with zero attached hydrogens (tertiary/aromatic N) is 2. The smallest absolute Gasteiger partial charge is 0.227 e. The molecule has 1 aliphatic rings. The van der Waals surface area contributed by atoms with Gasteiger partial charge in [-0.1, -0.05) is 19.1 Å². The second-order valence-electron chi connectivity index (χ2n) is 6.10. The highest BCUT2D eigenvalue weighted by atomic mass is 16.2. The van der Waals surface area contributed by atoms with E-state index in [1.807, 2.05) is 17.0 Å². The van der Waals surface area contributed by atoms with Gasteiger partial charge in [0.1, 0.15) is 0 Å². The quantitative estimate of drug-likeness (QED) is 0.825. The van der Waals surface area contributed by atoms with Crippen LogP contribution in [0.4, 0.5) is 0 Å². The van der Waals surface area contributed by atoms with Crippen molar-refractivity contribution in [1.29, 1.82) is 5.26 Å². The van der Waals surface area contributed by atoms with Crippen LogP contribution in [0.1, 0.15) is 38.3 Å². The van der Waals surface area contributed by atoms with Crippen LogP contribution in [0.3, 0.4) is 0 Å². The Morgan fingerprint density at radius 3 is 2.45 bits per heavy atom. The van der Waals surface area contributed by atoms with Crippen LogP contribution in [0, 0.1) is 23.2 Å². The van der Waals surface area contributed by atoms with Gasteiger partial charge in [0.25, 0.3) is 0 Å². The van der Waals surface area contributed by atoms with E-state index in [0.29, 0.717) is 17.9 Å². The Balaban J connectivity index is 1.98. The molecule has 20 heavy (non-hydrogen) atoms. The summed E-state index contributed by atoms with van der Waals surface area (Å²) in [6.45, 7) is 7.27. The highest BCUT2D eigenvalue weighted by Gasteiger charge is 2.35. The van der Waals surface area contributed by atoms with Gasteiger partial charge >= 0.3 is 0 Å². The van der Waals surface area contributed by atoms with Crippen LogP contribution in [-0.2, 0) is 11.2 Å². The molecule has 1 fully saturated rings. The van der Waals surface area contributed by atoms with E-state index in [-0.39, 0.29) is 11.9 Å². The number of hydrogen-bond acceptors (Lipinski definition) is 2. The van der Waals surface area contributed by atoms with Crippen molar-refractivity contribution in [3.63, 3.8) is 0 Å². The van der Waals surface area contributed by atoms with Crippen LogP contribution >= 0.6 is 0 Å². The van der Waals surface area contributed by atoms with E-state index in [4.69, 9.17) is 5.26 Å². The van der Waals surface area contributed by atoms with E-state index in [1.165, 1.54) is 6.42 Å². The first-order valence-corrected chi connectivity index (χ1v) is 7.29. The minimum absolute atomic E-state index is 0.184.